The Morgan fingerprint density at radius 3 is 2.25 bits per heavy atom. The largest absolute Gasteiger partial charge is 0.343 e. The molecular weight excluding hydrogens is 260 g/mol. The van der Waals surface area contributed by atoms with Gasteiger partial charge in [0.15, 0.2) is 11.6 Å². The van der Waals surface area contributed by atoms with Crippen LogP contribution in [-0.4, -0.2) is 5.91 Å². The van der Waals surface area contributed by atoms with Crippen LogP contribution in [0.5, 0.6) is 0 Å². The van der Waals surface area contributed by atoms with Crippen LogP contribution < -0.4 is 5.32 Å². The highest BCUT2D eigenvalue weighted by Gasteiger charge is 2.23. The average molecular weight is 275 g/mol. The van der Waals surface area contributed by atoms with E-state index < -0.39 is 23.1 Å². The van der Waals surface area contributed by atoms with Gasteiger partial charge in [-0.05, 0) is 37.6 Å². The molecule has 0 saturated carbocycles. The number of benzene rings is 2. The van der Waals surface area contributed by atoms with Gasteiger partial charge in [0, 0.05) is 5.56 Å². The van der Waals surface area contributed by atoms with Crippen LogP contribution in [0.4, 0.5) is 8.78 Å². The molecule has 4 heteroatoms. The van der Waals surface area contributed by atoms with Crippen molar-refractivity contribution in [2.24, 2.45) is 0 Å². The van der Waals surface area contributed by atoms with Crippen molar-refractivity contribution in [1.29, 1.82) is 0 Å². The van der Waals surface area contributed by atoms with Crippen molar-refractivity contribution in [2.75, 3.05) is 0 Å². The Balaban J connectivity index is 2.20. The van der Waals surface area contributed by atoms with E-state index >= 15 is 0 Å². The van der Waals surface area contributed by atoms with Gasteiger partial charge in [0.25, 0.3) is 5.91 Å². The monoisotopic (exact) mass is 275 g/mol. The first-order valence-corrected chi connectivity index (χ1v) is 6.23. The van der Waals surface area contributed by atoms with Crippen molar-refractivity contribution in [1.82, 2.24) is 5.32 Å². The maximum absolute atomic E-state index is 13.1. The highest BCUT2D eigenvalue weighted by molar-refractivity contribution is 5.94. The van der Waals surface area contributed by atoms with Crippen LogP contribution in [0.25, 0.3) is 0 Å². The first kappa shape index (κ1) is 14.2. The Kier molecular flexibility index (Phi) is 3.84. The van der Waals surface area contributed by atoms with Crippen molar-refractivity contribution < 1.29 is 13.6 Å². The Morgan fingerprint density at radius 2 is 1.65 bits per heavy atom. The second kappa shape index (κ2) is 5.41. The van der Waals surface area contributed by atoms with Gasteiger partial charge in [-0.25, -0.2) is 8.78 Å². The smallest absolute Gasteiger partial charge is 0.252 e. The third-order valence-corrected chi connectivity index (χ3v) is 3.10. The number of hydrogen-bond donors (Lipinski definition) is 1. The fraction of sp³-hybridized carbons (Fsp3) is 0.188. The predicted octanol–water partition coefficient (Wildman–Crippen LogP) is 3.63. The van der Waals surface area contributed by atoms with E-state index in [1.54, 1.807) is 0 Å². The van der Waals surface area contributed by atoms with Crippen molar-refractivity contribution in [3.63, 3.8) is 0 Å². The van der Waals surface area contributed by atoms with Crippen LogP contribution in [0, 0.1) is 11.6 Å². The summed E-state index contributed by atoms with van der Waals surface area (Å²) in [6, 6.07) is 12.5. The highest BCUT2D eigenvalue weighted by Crippen LogP contribution is 2.20. The van der Waals surface area contributed by atoms with E-state index in [4.69, 9.17) is 0 Å². The Morgan fingerprint density at radius 1 is 1.00 bits per heavy atom. The zero-order valence-electron chi connectivity index (χ0n) is 11.3. The predicted molar refractivity (Wildman–Crippen MR) is 73.3 cm³/mol. The zero-order chi connectivity index (χ0) is 14.8. The maximum atomic E-state index is 13.1. The van der Waals surface area contributed by atoms with Crippen LogP contribution in [0.1, 0.15) is 29.8 Å². The van der Waals surface area contributed by atoms with Crippen LogP contribution in [-0.2, 0) is 5.54 Å². The molecule has 20 heavy (non-hydrogen) atoms. The molecule has 0 aliphatic heterocycles. The number of nitrogens with one attached hydrogen (secondary N) is 1. The van der Waals surface area contributed by atoms with Gasteiger partial charge < -0.3 is 5.32 Å². The zero-order valence-corrected chi connectivity index (χ0v) is 11.3. The van der Waals surface area contributed by atoms with Gasteiger partial charge in [-0.1, -0.05) is 30.3 Å². The van der Waals surface area contributed by atoms with E-state index in [1.165, 1.54) is 6.07 Å². The third kappa shape index (κ3) is 3.02. The lowest BCUT2D eigenvalue weighted by atomic mass is 9.94. The summed E-state index contributed by atoms with van der Waals surface area (Å²) in [5.41, 5.74) is 0.410. The lowest BCUT2D eigenvalue weighted by Gasteiger charge is -2.27. The molecule has 0 saturated heterocycles. The maximum Gasteiger partial charge on any atom is 0.252 e. The van der Waals surface area contributed by atoms with Crippen molar-refractivity contribution in [3.05, 3.63) is 71.3 Å². The average Bonchev–Trinajstić information content (AvgIpc) is 2.42. The number of rotatable bonds is 3. The van der Waals surface area contributed by atoms with Crippen molar-refractivity contribution in [3.8, 4) is 0 Å². The second-order valence-corrected chi connectivity index (χ2v) is 5.07. The van der Waals surface area contributed by atoms with Gasteiger partial charge in [-0.2, -0.15) is 0 Å². The summed E-state index contributed by atoms with van der Waals surface area (Å²) in [5.74, 6) is -2.45. The van der Waals surface area contributed by atoms with Gasteiger partial charge in [0.1, 0.15) is 0 Å². The summed E-state index contributed by atoms with van der Waals surface area (Å²) in [7, 11) is 0. The van der Waals surface area contributed by atoms with Gasteiger partial charge in [-0.15, -0.1) is 0 Å². The van der Waals surface area contributed by atoms with Crippen molar-refractivity contribution >= 4 is 5.91 Å². The second-order valence-electron chi connectivity index (χ2n) is 5.07. The van der Waals surface area contributed by atoms with Gasteiger partial charge in [-0.3, -0.25) is 4.79 Å². The Hall–Kier alpha value is -2.23. The number of carbonyl (C=O) groups is 1. The molecule has 0 fully saturated rings. The van der Waals surface area contributed by atoms with Gasteiger partial charge in [0.2, 0.25) is 0 Å². The normalized spacial score (nSPS) is 11.2. The molecule has 2 rings (SSSR count). The molecular formula is C16H15F2NO. The summed E-state index contributed by atoms with van der Waals surface area (Å²) in [6.45, 7) is 3.69. The summed E-state index contributed by atoms with van der Waals surface area (Å²) in [5, 5.41) is 2.81. The summed E-state index contributed by atoms with van der Waals surface area (Å²) < 4.78 is 26.0. The topological polar surface area (TPSA) is 29.1 Å². The quantitative estimate of drug-likeness (QED) is 0.910. The van der Waals surface area contributed by atoms with E-state index in [0.717, 1.165) is 17.7 Å². The Labute approximate surface area is 116 Å². The molecule has 2 nitrogen and oxygen atoms in total. The number of hydrogen-bond acceptors (Lipinski definition) is 1. The molecule has 1 N–H and O–H groups in total. The lowest BCUT2D eigenvalue weighted by Crippen LogP contribution is -2.41. The minimum Gasteiger partial charge on any atom is -0.343 e. The van der Waals surface area contributed by atoms with Crippen LogP contribution >= 0.6 is 0 Å². The summed E-state index contributed by atoms with van der Waals surface area (Å²) in [6.07, 6.45) is 0. The summed E-state index contributed by atoms with van der Waals surface area (Å²) in [4.78, 5) is 12.1. The number of carbonyl (C=O) groups excluding carboxylic acids is 1. The lowest BCUT2D eigenvalue weighted by molar-refractivity contribution is 0.0911. The molecule has 0 radical (unpaired) electrons. The molecule has 0 bridgehead atoms. The van der Waals surface area contributed by atoms with E-state index in [9.17, 15) is 13.6 Å². The Bertz CT molecular complexity index is 624. The minimum atomic E-state index is -1.03. The van der Waals surface area contributed by atoms with E-state index in [1.807, 2.05) is 44.2 Å². The van der Waals surface area contributed by atoms with Crippen molar-refractivity contribution in [2.45, 2.75) is 19.4 Å². The molecule has 104 valence electrons. The van der Waals surface area contributed by atoms with Gasteiger partial charge >= 0.3 is 0 Å². The van der Waals surface area contributed by atoms with E-state index in [-0.39, 0.29) is 5.56 Å². The molecule has 2 aromatic rings. The number of halogens is 2. The van der Waals surface area contributed by atoms with E-state index in [2.05, 4.69) is 5.32 Å². The molecule has 0 unspecified atom stereocenters. The standard InChI is InChI=1S/C16H15F2NO/c1-16(2,12-6-4-3-5-7-12)19-15(20)11-8-9-13(17)14(18)10-11/h3-10H,1-2H3,(H,19,20). The molecule has 0 atom stereocenters. The molecule has 1 amide bonds. The van der Waals surface area contributed by atoms with Crippen LogP contribution in [0.3, 0.4) is 0 Å². The first-order valence-electron chi connectivity index (χ1n) is 6.23. The third-order valence-electron chi connectivity index (χ3n) is 3.10. The molecule has 0 spiro atoms. The number of amides is 1. The molecule has 0 aliphatic carbocycles. The first-order chi connectivity index (χ1) is 9.40. The highest BCUT2D eigenvalue weighted by atomic mass is 19.2. The fourth-order valence-corrected chi connectivity index (χ4v) is 1.92. The van der Waals surface area contributed by atoms with Crippen LogP contribution in [0.15, 0.2) is 48.5 Å². The molecule has 2 aromatic carbocycles. The molecule has 0 aromatic heterocycles. The SMILES string of the molecule is CC(C)(NC(=O)c1ccc(F)c(F)c1)c1ccccc1. The molecule has 0 heterocycles. The fourth-order valence-electron chi connectivity index (χ4n) is 1.92. The van der Waals surface area contributed by atoms with E-state index in [0.29, 0.717) is 0 Å². The molecule has 0 aliphatic rings. The summed E-state index contributed by atoms with van der Waals surface area (Å²) >= 11 is 0. The van der Waals surface area contributed by atoms with Crippen LogP contribution in [0.2, 0.25) is 0 Å². The van der Waals surface area contributed by atoms with Gasteiger partial charge in [0.05, 0.1) is 5.54 Å². The minimum absolute atomic E-state index is 0.0907.